The summed E-state index contributed by atoms with van der Waals surface area (Å²) in [5.74, 6) is -0.471. The van der Waals surface area contributed by atoms with Gasteiger partial charge in [0, 0.05) is 6.07 Å². The lowest BCUT2D eigenvalue weighted by Crippen LogP contribution is -2.23. The first-order valence-corrected chi connectivity index (χ1v) is 5.54. The quantitative estimate of drug-likeness (QED) is 0.630. The van der Waals surface area contributed by atoms with Crippen molar-refractivity contribution >= 4 is 5.69 Å². The molecule has 2 aromatic rings. The zero-order valence-electron chi connectivity index (χ0n) is 10.1. The third-order valence-corrected chi connectivity index (χ3v) is 2.64. The number of benzene rings is 1. The van der Waals surface area contributed by atoms with E-state index < -0.39 is 16.3 Å². The van der Waals surface area contributed by atoms with E-state index >= 15 is 0 Å². The van der Waals surface area contributed by atoms with E-state index in [4.69, 9.17) is 5.26 Å². The first kappa shape index (κ1) is 13.4. The molecule has 0 saturated heterocycles. The Bertz CT molecular complexity index is 777. The smallest absolute Gasteiger partial charge is 0.287 e. The Kier molecular flexibility index (Phi) is 3.57. The Morgan fingerprint density at radius 3 is 2.75 bits per heavy atom. The van der Waals surface area contributed by atoms with E-state index in [0.717, 1.165) is 16.8 Å². The van der Waals surface area contributed by atoms with Crippen molar-refractivity contribution in [1.82, 2.24) is 4.57 Å². The van der Waals surface area contributed by atoms with Gasteiger partial charge in [0.05, 0.1) is 17.7 Å². The minimum absolute atomic E-state index is 0.0487. The second kappa shape index (κ2) is 5.32. The van der Waals surface area contributed by atoms with Crippen LogP contribution >= 0.6 is 0 Å². The van der Waals surface area contributed by atoms with Crippen LogP contribution in [0.5, 0.6) is 0 Å². The van der Waals surface area contributed by atoms with Gasteiger partial charge in [-0.2, -0.15) is 5.26 Å². The fourth-order valence-corrected chi connectivity index (χ4v) is 1.75. The first-order chi connectivity index (χ1) is 9.51. The summed E-state index contributed by atoms with van der Waals surface area (Å²) >= 11 is 0. The SMILES string of the molecule is N#Cc1cc([N+](=O)[O-])cn(Cc2cccc(F)c2)c1=O. The molecular formula is C13H8FN3O3. The van der Waals surface area contributed by atoms with Gasteiger partial charge in [-0.15, -0.1) is 0 Å². The van der Waals surface area contributed by atoms with E-state index in [2.05, 4.69) is 0 Å². The Hall–Kier alpha value is -3.01. The molecule has 0 atom stereocenters. The summed E-state index contributed by atoms with van der Waals surface area (Å²) in [6.07, 6.45) is 1.04. The van der Waals surface area contributed by atoms with Crippen molar-refractivity contribution in [3.8, 4) is 6.07 Å². The second-order valence-corrected chi connectivity index (χ2v) is 4.04. The minimum atomic E-state index is -0.692. The second-order valence-electron chi connectivity index (χ2n) is 4.04. The lowest BCUT2D eigenvalue weighted by atomic mass is 10.2. The van der Waals surface area contributed by atoms with Gasteiger partial charge in [0.25, 0.3) is 11.2 Å². The molecule has 1 aromatic carbocycles. The molecule has 20 heavy (non-hydrogen) atoms. The number of halogens is 1. The summed E-state index contributed by atoms with van der Waals surface area (Å²) in [4.78, 5) is 22.0. The molecule has 0 aliphatic rings. The number of nitro groups is 1. The number of nitrogens with zero attached hydrogens (tertiary/aromatic N) is 3. The van der Waals surface area contributed by atoms with Gasteiger partial charge in [-0.25, -0.2) is 4.39 Å². The molecule has 6 nitrogen and oxygen atoms in total. The average Bonchev–Trinajstić information content (AvgIpc) is 2.41. The summed E-state index contributed by atoms with van der Waals surface area (Å²) < 4.78 is 14.1. The van der Waals surface area contributed by atoms with Crippen LogP contribution in [0.2, 0.25) is 0 Å². The molecule has 100 valence electrons. The van der Waals surface area contributed by atoms with Crippen molar-refractivity contribution < 1.29 is 9.31 Å². The van der Waals surface area contributed by atoms with Crippen molar-refractivity contribution in [1.29, 1.82) is 5.26 Å². The van der Waals surface area contributed by atoms with Crippen LogP contribution in [0.1, 0.15) is 11.1 Å². The lowest BCUT2D eigenvalue weighted by Gasteiger charge is -2.06. The molecule has 0 saturated carbocycles. The Balaban J connectivity index is 2.51. The van der Waals surface area contributed by atoms with Crippen LogP contribution in [0, 0.1) is 27.3 Å². The highest BCUT2D eigenvalue weighted by molar-refractivity contribution is 5.38. The molecular weight excluding hydrogens is 265 g/mol. The topological polar surface area (TPSA) is 88.9 Å². The maximum absolute atomic E-state index is 13.1. The highest BCUT2D eigenvalue weighted by atomic mass is 19.1. The number of rotatable bonds is 3. The van der Waals surface area contributed by atoms with E-state index in [1.807, 2.05) is 0 Å². The Morgan fingerprint density at radius 2 is 2.15 bits per heavy atom. The number of nitriles is 1. The molecule has 0 aliphatic carbocycles. The number of pyridine rings is 1. The van der Waals surface area contributed by atoms with Crippen molar-refractivity contribution in [2.45, 2.75) is 6.54 Å². The summed E-state index contributed by atoms with van der Waals surface area (Å²) in [6, 6.07) is 8.06. The van der Waals surface area contributed by atoms with E-state index in [-0.39, 0.29) is 17.8 Å². The highest BCUT2D eigenvalue weighted by Gasteiger charge is 2.13. The van der Waals surface area contributed by atoms with E-state index in [9.17, 15) is 19.3 Å². The van der Waals surface area contributed by atoms with Crippen LogP contribution in [0.25, 0.3) is 0 Å². The molecule has 1 aromatic heterocycles. The summed E-state index contributed by atoms with van der Waals surface area (Å²) in [5.41, 5.74) is -0.869. The highest BCUT2D eigenvalue weighted by Crippen LogP contribution is 2.12. The van der Waals surface area contributed by atoms with Gasteiger partial charge < -0.3 is 4.57 Å². The van der Waals surface area contributed by atoms with Crippen molar-refractivity contribution in [3.05, 3.63) is 73.9 Å². The standard InChI is InChI=1S/C13H8FN3O3/c14-11-3-1-2-9(4-11)7-16-8-12(17(19)20)5-10(6-15)13(16)18/h1-5,8H,7H2. The van der Waals surface area contributed by atoms with Crippen molar-refractivity contribution in [2.75, 3.05) is 0 Å². The van der Waals surface area contributed by atoms with E-state index in [0.29, 0.717) is 5.56 Å². The molecule has 0 aliphatic heterocycles. The third kappa shape index (κ3) is 2.70. The number of aromatic nitrogens is 1. The molecule has 7 heteroatoms. The van der Waals surface area contributed by atoms with Crippen LogP contribution in [0.3, 0.4) is 0 Å². The van der Waals surface area contributed by atoms with Gasteiger partial charge in [-0.1, -0.05) is 12.1 Å². The molecule has 0 unspecified atom stereocenters. The number of hydrogen-bond donors (Lipinski definition) is 0. The predicted molar refractivity (Wildman–Crippen MR) is 67.6 cm³/mol. The van der Waals surface area contributed by atoms with Gasteiger partial charge in [0.2, 0.25) is 0 Å². The molecule has 0 bridgehead atoms. The maximum atomic E-state index is 13.1. The monoisotopic (exact) mass is 273 g/mol. The van der Waals surface area contributed by atoms with Gasteiger partial charge in [-0.3, -0.25) is 14.9 Å². The van der Waals surface area contributed by atoms with Crippen LogP contribution in [0.15, 0.2) is 41.3 Å². The zero-order valence-corrected chi connectivity index (χ0v) is 10.1. The maximum Gasteiger partial charge on any atom is 0.287 e. The molecule has 0 fully saturated rings. The normalized spacial score (nSPS) is 10.0. The van der Waals surface area contributed by atoms with Crippen LogP contribution in [-0.4, -0.2) is 9.49 Å². The molecule has 0 N–H and O–H groups in total. The summed E-state index contributed by atoms with van der Waals surface area (Å²) in [5, 5.41) is 19.6. The van der Waals surface area contributed by atoms with Crippen LogP contribution < -0.4 is 5.56 Å². The Labute approximate surface area is 112 Å². The molecule has 0 amide bonds. The minimum Gasteiger partial charge on any atom is -0.303 e. The number of hydrogen-bond acceptors (Lipinski definition) is 4. The predicted octanol–water partition coefficient (Wildman–Crippen LogP) is 1.82. The van der Waals surface area contributed by atoms with Crippen molar-refractivity contribution in [3.63, 3.8) is 0 Å². The summed E-state index contributed by atoms with van der Waals surface area (Å²) in [7, 11) is 0. The van der Waals surface area contributed by atoms with Crippen molar-refractivity contribution in [2.24, 2.45) is 0 Å². The van der Waals surface area contributed by atoms with Gasteiger partial charge in [-0.05, 0) is 17.7 Å². The lowest BCUT2D eigenvalue weighted by molar-refractivity contribution is -0.385. The van der Waals surface area contributed by atoms with Crippen LogP contribution in [-0.2, 0) is 6.54 Å². The first-order valence-electron chi connectivity index (χ1n) is 5.54. The fourth-order valence-electron chi connectivity index (χ4n) is 1.75. The molecule has 0 radical (unpaired) electrons. The largest absolute Gasteiger partial charge is 0.303 e. The van der Waals surface area contributed by atoms with Gasteiger partial charge in [0.15, 0.2) is 0 Å². The van der Waals surface area contributed by atoms with Gasteiger partial charge in [0.1, 0.15) is 17.4 Å². The van der Waals surface area contributed by atoms with Crippen LogP contribution in [0.4, 0.5) is 10.1 Å². The zero-order chi connectivity index (χ0) is 14.7. The summed E-state index contributed by atoms with van der Waals surface area (Å²) in [6.45, 7) is -0.0487. The third-order valence-electron chi connectivity index (χ3n) is 2.64. The molecule has 0 spiro atoms. The molecule has 2 rings (SSSR count). The van der Waals surface area contributed by atoms with E-state index in [1.165, 1.54) is 18.2 Å². The van der Waals surface area contributed by atoms with Gasteiger partial charge >= 0.3 is 0 Å². The fraction of sp³-hybridized carbons (Fsp3) is 0.0769. The van der Waals surface area contributed by atoms with E-state index in [1.54, 1.807) is 12.1 Å². The Morgan fingerprint density at radius 1 is 1.40 bits per heavy atom. The average molecular weight is 273 g/mol. The molecule has 1 heterocycles.